The maximum absolute atomic E-state index is 11.1. The minimum atomic E-state index is -2.91. The fourth-order valence-electron chi connectivity index (χ4n) is 1.84. The predicted molar refractivity (Wildman–Crippen MR) is 71.7 cm³/mol. The van der Waals surface area contributed by atoms with Crippen LogP contribution in [0.5, 0.6) is 0 Å². The van der Waals surface area contributed by atoms with Crippen molar-refractivity contribution < 1.29 is 8.42 Å². The molecule has 0 bridgehead atoms. The van der Waals surface area contributed by atoms with Crippen molar-refractivity contribution in [3.8, 4) is 0 Å². The molecule has 1 aliphatic rings. The Morgan fingerprint density at radius 3 is 2.94 bits per heavy atom. The Morgan fingerprint density at radius 2 is 2.24 bits per heavy atom. The molecular weight excluding hydrogens is 260 g/mol. The zero-order valence-electron chi connectivity index (χ0n) is 9.53. The van der Waals surface area contributed by atoms with Crippen molar-refractivity contribution in [3.05, 3.63) is 23.2 Å². The minimum absolute atomic E-state index is 0.0946. The zero-order valence-corrected chi connectivity index (χ0v) is 11.1. The van der Waals surface area contributed by atoms with Gasteiger partial charge < -0.3 is 10.6 Å². The second-order valence-electron chi connectivity index (χ2n) is 4.30. The highest BCUT2D eigenvalue weighted by molar-refractivity contribution is 7.90. The Morgan fingerprint density at radius 1 is 1.47 bits per heavy atom. The van der Waals surface area contributed by atoms with Gasteiger partial charge in [-0.05, 0) is 18.6 Å². The van der Waals surface area contributed by atoms with Crippen LogP contribution in [0.3, 0.4) is 0 Å². The molecule has 0 saturated carbocycles. The zero-order chi connectivity index (χ0) is 12.5. The molecule has 0 amide bonds. The standard InChI is InChI=1S/C11H15ClN2O2S/c1-17(15,16)6-5-8-7-13-10-4-2-3-9(12)11(10)14-8/h2-4,8,13-14H,5-7H2,1H3. The smallest absolute Gasteiger partial charge is 0.147 e. The van der Waals surface area contributed by atoms with E-state index in [0.29, 0.717) is 18.0 Å². The average molecular weight is 275 g/mol. The monoisotopic (exact) mass is 274 g/mol. The lowest BCUT2D eigenvalue weighted by Crippen LogP contribution is -2.34. The van der Waals surface area contributed by atoms with E-state index < -0.39 is 9.84 Å². The van der Waals surface area contributed by atoms with Crippen LogP contribution in [0, 0.1) is 0 Å². The Balaban J connectivity index is 2.06. The van der Waals surface area contributed by atoms with Gasteiger partial charge in [0, 0.05) is 18.8 Å². The highest BCUT2D eigenvalue weighted by Crippen LogP contribution is 2.33. The molecule has 2 N–H and O–H groups in total. The van der Waals surface area contributed by atoms with Crippen LogP contribution >= 0.6 is 11.6 Å². The average Bonchev–Trinajstić information content (AvgIpc) is 2.26. The van der Waals surface area contributed by atoms with E-state index in [1.807, 2.05) is 18.2 Å². The van der Waals surface area contributed by atoms with Crippen molar-refractivity contribution in [3.63, 3.8) is 0 Å². The summed E-state index contributed by atoms with van der Waals surface area (Å²) in [6, 6.07) is 5.74. The number of anilines is 2. The number of hydrogen-bond donors (Lipinski definition) is 2. The highest BCUT2D eigenvalue weighted by atomic mass is 35.5. The van der Waals surface area contributed by atoms with E-state index in [4.69, 9.17) is 11.6 Å². The first-order chi connectivity index (χ1) is 7.96. The van der Waals surface area contributed by atoms with Gasteiger partial charge in [0.2, 0.25) is 0 Å². The molecule has 94 valence electrons. The fraction of sp³-hybridized carbons (Fsp3) is 0.455. The van der Waals surface area contributed by atoms with Gasteiger partial charge in [0.05, 0.1) is 22.2 Å². The minimum Gasteiger partial charge on any atom is -0.381 e. The van der Waals surface area contributed by atoms with Gasteiger partial charge in [-0.3, -0.25) is 0 Å². The topological polar surface area (TPSA) is 58.2 Å². The summed E-state index contributed by atoms with van der Waals surface area (Å²) in [7, 11) is -2.91. The molecule has 1 atom stereocenters. The van der Waals surface area contributed by atoms with Crippen LogP contribution in [0.2, 0.25) is 5.02 Å². The van der Waals surface area contributed by atoms with Gasteiger partial charge in [-0.25, -0.2) is 8.42 Å². The van der Waals surface area contributed by atoms with Crippen molar-refractivity contribution in [2.45, 2.75) is 12.5 Å². The van der Waals surface area contributed by atoms with Crippen LogP contribution in [-0.2, 0) is 9.84 Å². The predicted octanol–water partition coefficient (Wildman–Crippen LogP) is 1.98. The molecule has 1 aromatic carbocycles. The lowest BCUT2D eigenvalue weighted by atomic mass is 10.1. The summed E-state index contributed by atoms with van der Waals surface area (Å²) < 4.78 is 22.2. The third-order valence-electron chi connectivity index (χ3n) is 2.74. The van der Waals surface area contributed by atoms with Crippen molar-refractivity contribution in [2.75, 3.05) is 29.2 Å². The first-order valence-electron chi connectivity index (χ1n) is 5.42. The van der Waals surface area contributed by atoms with Crippen LogP contribution in [0.1, 0.15) is 6.42 Å². The lowest BCUT2D eigenvalue weighted by molar-refractivity contribution is 0.594. The summed E-state index contributed by atoms with van der Waals surface area (Å²) >= 11 is 6.08. The molecule has 1 unspecified atom stereocenters. The summed E-state index contributed by atoms with van der Waals surface area (Å²) in [6.07, 6.45) is 1.83. The Bertz CT molecular complexity index is 516. The molecule has 6 heteroatoms. The molecule has 0 spiro atoms. The van der Waals surface area contributed by atoms with E-state index in [0.717, 1.165) is 11.4 Å². The molecule has 0 aromatic heterocycles. The van der Waals surface area contributed by atoms with E-state index in [-0.39, 0.29) is 11.8 Å². The van der Waals surface area contributed by atoms with Gasteiger partial charge in [0.15, 0.2) is 0 Å². The van der Waals surface area contributed by atoms with E-state index in [9.17, 15) is 8.42 Å². The Kier molecular flexibility index (Phi) is 3.49. The Hall–Kier alpha value is -0.940. The van der Waals surface area contributed by atoms with Crippen molar-refractivity contribution in [2.24, 2.45) is 0 Å². The number of sulfone groups is 1. The van der Waals surface area contributed by atoms with Crippen LogP contribution in [0.4, 0.5) is 11.4 Å². The van der Waals surface area contributed by atoms with E-state index in [2.05, 4.69) is 10.6 Å². The maximum Gasteiger partial charge on any atom is 0.147 e. The molecule has 4 nitrogen and oxygen atoms in total. The van der Waals surface area contributed by atoms with Gasteiger partial charge in [-0.2, -0.15) is 0 Å². The summed E-state index contributed by atoms with van der Waals surface area (Å²) in [5.41, 5.74) is 1.83. The highest BCUT2D eigenvalue weighted by Gasteiger charge is 2.20. The molecule has 1 aliphatic heterocycles. The number of fused-ring (bicyclic) bond motifs is 1. The van der Waals surface area contributed by atoms with E-state index in [1.165, 1.54) is 6.26 Å². The van der Waals surface area contributed by atoms with Crippen LogP contribution in [-0.4, -0.2) is 33.0 Å². The third-order valence-corrected chi connectivity index (χ3v) is 4.03. The first kappa shape index (κ1) is 12.5. The first-order valence-corrected chi connectivity index (χ1v) is 7.86. The number of halogens is 1. The van der Waals surface area contributed by atoms with Crippen LogP contribution in [0.15, 0.2) is 18.2 Å². The number of nitrogens with one attached hydrogen (secondary N) is 2. The molecule has 0 radical (unpaired) electrons. The second kappa shape index (κ2) is 4.74. The largest absolute Gasteiger partial charge is 0.381 e. The van der Waals surface area contributed by atoms with Gasteiger partial charge in [-0.1, -0.05) is 17.7 Å². The third kappa shape index (κ3) is 3.26. The van der Waals surface area contributed by atoms with Crippen molar-refractivity contribution in [1.29, 1.82) is 0 Å². The fourth-order valence-corrected chi connectivity index (χ4v) is 2.78. The van der Waals surface area contributed by atoms with Gasteiger partial charge in [0.1, 0.15) is 9.84 Å². The summed E-state index contributed by atoms with van der Waals surface area (Å²) in [4.78, 5) is 0. The van der Waals surface area contributed by atoms with Gasteiger partial charge in [0.25, 0.3) is 0 Å². The van der Waals surface area contributed by atoms with Crippen LogP contribution in [0.25, 0.3) is 0 Å². The van der Waals surface area contributed by atoms with Crippen molar-refractivity contribution >= 4 is 32.8 Å². The maximum atomic E-state index is 11.1. The molecule has 0 saturated heterocycles. The lowest BCUT2D eigenvalue weighted by Gasteiger charge is -2.28. The number of benzene rings is 1. The summed E-state index contributed by atoms with van der Waals surface area (Å²) in [5, 5.41) is 7.18. The van der Waals surface area contributed by atoms with Crippen LogP contribution < -0.4 is 10.6 Å². The number of hydrogen-bond acceptors (Lipinski definition) is 4. The van der Waals surface area contributed by atoms with Gasteiger partial charge >= 0.3 is 0 Å². The van der Waals surface area contributed by atoms with Crippen molar-refractivity contribution in [1.82, 2.24) is 0 Å². The summed E-state index contributed by atoms with van der Waals surface area (Å²) in [6.45, 7) is 0.711. The quantitative estimate of drug-likeness (QED) is 0.885. The van der Waals surface area contributed by atoms with E-state index in [1.54, 1.807) is 0 Å². The summed E-state index contributed by atoms with van der Waals surface area (Å²) in [5.74, 6) is 0.187. The SMILES string of the molecule is CS(=O)(=O)CCC1CNc2cccc(Cl)c2N1. The molecule has 1 aromatic rings. The van der Waals surface area contributed by atoms with Gasteiger partial charge in [-0.15, -0.1) is 0 Å². The number of rotatable bonds is 3. The second-order valence-corrected chi connectivity index (χ2v) is 6.97. The molecule has 2 rings (SSSR count). The molecule has 0 aliphatic carbocycles. The molecule has 0 fully saturated rings. The molecule has 17 heavy (non-hydrogen) atoms. The molecular formula is C11H15ClN2O2S. The number of para-hydroxylation sites is 1. The Labute approximate surface area is 106 Å². The molecule has 1 heterocycles. The van der Waals surface area contributed by atoms with E-state index >= 15 is 0 Å². The normalized spacial score (nSPS) is 19.1.